The summed E-state index contributed by atoms with van der Waals surface area (Å²) in [5.41, 5.74) is 3.71. The molecule has 2 rings (SSSR count). The lowest BCUT2D eigenvalue weighted by Gasteiger charge is -2.17. The van der Waals surface area contributed by atoms with Gasteiger partial charge >= 0.3 is 0 Å². The molecule has 0 bridgehead atoms. The highest BCUT2D eigenvalue weighted by Crippen LogP contribution is 2.29. The quantitative estimate of drug-likeness (QED) is 0.940. The molecule has 0 atom stereocenters. The Bertz CT molecular complexity index is 788. The number of hydrogen-bond acceptors (Lipinski definition) is 4. The maximum Gasteiger partial charge on any atom is 0.262 e. The average Bonchev–Trinajstić information content (AvgIpc) is 2.45. The van der Waals surface area contributed by atoms with Crippen LogP contribution in [-0.4, -0.2) is 20.5 Å². The van der Waals surface area contributed by atoms with Gasteiger partial charge in [-0.15, -0.1) is 0 Å². The van der Waals surface area contributed by atoms with Gasteiger partial charge in [0.2, 0.25) is 5.88 Å². The summed E-state index contributed by atoms with van der Waals surface area (Å²) in [4.78, 5) is 4.32. The molecule has 0 amide bonds. The zero-order chi connectivity index (χ0) is 16.5. The van der Waals surface area contributed by atoms with Gasteiger partial charge in [0, 0.05) is 6.20 Å². The molecular weight excluding hydrogens is 300 g/mol. The van der Waals surface area contributed by atoms with Gasteiger partial charge in [-0.25, -0.2) is 13.4 Å². The Morgan fingerprint density at radius 2 is 1.68 bits per heavy atom. The van der Waals surface area contributed by atoms with Crippen LogP contribution in [0.5, 0.6) is 5.88 Å². The summed E-state index contributed by atoms with van der Waals surface area (Å²) in [6, 6.07) is 5.27. The van der Waals surface area contributed by atoms with Gasteiger partial charge in [0.15, 0.2) is 0 Å². The first-order valence-corrected chi connectivity index (χ1v) is 8.35. The van der Waals surface area contributed by atoms with Crippen LogP contribution in [-0.2, 0) is 10.0 Å². The van der Waals surface area contributed by atoms with E-state index in [0.29, 0.717) is 10.6 Å². The Balaban J connectivity index is 2.57. The van der Waals surface area contributed by atoms with Gasteiger partial charge in [-0.05, 0) is 62.1 Å². The average molecular weight is 320 g/mol. The first-order valence-electron chi connectivity index (χ1n) is 6.87. The van der Waals surface area contributed by atoms with Crippen LogP contribution >= 0.6 is 0 Å². The number of methoxy groups -OCH3 is 1. The Morgan fingerprint density at radius 3 is 2.23 bits per heavy atom. The van der Waals surface area contributed by atoms with Crippen molar-refractivity contribution in [2.24, 2.45) is 0 Å². The summed E-state index contributed by atoms with van der Waals surface area (Å²) in [7, 11) is -2.27. The third-order valence-electron chi connectivity index (χ3n) is 3.77. The lowest BCUT2D eigenvalue weighted by molar-refractivity contribution is 0.400. The van der Waals surface area contributed by atoms with Gasteiger partial charge in [0.1, 0.15) is 5.69 Å². The molecule has 0 aliphatic carbocycles. The Labute approximate surface area is 131 Å². The lowest BCUT2D eigenvalue weighted by Crippen LogP contribution is -2.17. The molecule has 1 N–H and O–H groups in total. The molecule has 0 saturated carbocycles. The zero-order valence-electron chi connectivity index (χ0n) is 13.4. The van der Waals surface area contributed by atoms with Crippen LogP contribution in [0.4, 0.5) is 5.69 Å². The summed E-state index contributed by atoms with van der Waals surface area (Å²) in [6.07, 6.45) is 1.55. The van der Waals surface area contributed by atoms with E-state index in [1.54, 1.807) is 18.3 Å². The predicted molar refractivity (Wildman–Crippen MR) is 87.0 cm³/mol. The molecule has 1 aromatic carbocycles. The fraction of sp³-hybridized carbons (Fsp3) is 0.312. The van der Waals surface area contributed by atoms with Crippen LogP contribution in [0.25, 0.3) is 0 Å². The number of hydrogen-bond donors (Lipinski definition) is 1. The maximum atomic E-state index is 12.8. The monoisotopic (exact) mass is 320 g/mol. The van der Waals surface area contributed by atoms with E-state index in [4.69, 9.17) is 4.74 Å². The number of pyridine rings is 1. The number of ether oxygens (including phenoxy) is 1. The van der Waals surface area contributed by atoms with E-state index in [1.165, 1.54) is 7.11 Å². The minimum Gasteiger partial charge on any atom is -0.480 e. The molecule has 6 heteroatoms. The smallest absolute Gasteiger partial charge is 0.262 e. The second kappa shape index (κ2) is 5.96. The number of aryl methyl sites for hydroxylation is 2. The summed E-state index contributed by atoms with van der Waals surface area (Å²) < 4.78 is 33.3. The molecule has 2 aromatic rings. The van der Waals surface area contributed by atoms with Crippen molar-refractivity contribution in [3.8, 4) is 5.88 Å². The van der Waals surface area contributed by atoms with Crippen molar-refractivity contribution in [2.45, 2.75) is 32.6 Å². The minimum atomic E-state index is -3.72. The number of benzene rings is 1. The van der Waals surface area contributed by atoms with E-state index >= 15 is 0 Å². The highest BCUT2D eigenvalue weighted by Gasteiger charge is 2.23. The van der Waals surface area contributed by atoms with Crippen molar-refractivity contribution in [3.63, 3.8) is 0 Å². The van der Waals surface area contributed by atoms with Crippen LogP contribution in [0.3, 0.4) is 0 Å². The third-order valence-corrected chi connectivity index (χ3v) is 5.41. The fourth-order valence-electron chi connectivity index (χ4n) is 2.41. The van der Waals surface area contributed by atoms with Gasteiger partial charge in [-0.2, -0.15) is 0 Å². The summed E-state index contributed by atoms with van der Waals surface area (Å²) in [5.74, 6) is 0.241. The second-order valence-corrected chi connectivity index (χ2v) is 6.87. The Morgan fingerprint density at radius 1 is 1.09 bits per heavy atom. The van der Waals surface area contributed by atoms with Crippen molar-refractivity contribution < 1.29 is 13.2 Å². The Kier molecular flexibility index (Phi) is 4.42. The molecule has 22 heavy (non-hydrogen) atoms. The topological polar surface area (TPSA) is 68.3 Å². The third kappa shape index (κ3) is 2.92. The van der Waals surface area contributed by atoms with Crippen molar-refractivity contribution in [2.75, 3.05) is 11.8 Å². The fourth-order valence-corrected chi connectivity index (χ4v) is 4.09. The van der Waals surface area contributed by atoms with E-state index in [-0.39, 0.29) is 5.88 Å². The molecule has 0 saturated heterocycles. The molecule has 5 nitrogen and oxygen atoms in total. The molecule has 1 aromatic heterocycles. The maximum absolute atomic E-state index is 12.8. The number of anilines is 1. The summed E-state index contributed by atoms with van der Waals surface area (Å²) in [6.45, 7) is 7.45. The van der Waals surface area contributed by atoms with E-state index in [1.807, 2.05) is 33.8 Å². The van der Waals surface area contributed by atoms with Gasteiger partial charge in [0.05, 0.1) is 12.0 Å². The zero-order valence-corrected chi connectivity index (χ0v) is 14.2. The van der Waals surface area contributed by atoms with Gasteiger partial charge in [-0.3, -0.25) is 4.72 Å². The molecule has 118 valence electrons. The molecule has 0 aliphatic rings. The summed E-state index contributed by atoms with van der Waals surface area (Å²) >= 11 is 0. The molecule has 0 aliphatic heterocycles. The lowest BCUT2D eigenvalue weighted by atomic mass is 10.0. The van der Waals surface area contributed by atoms with E-state index in [2.05, 4.69) is 9.71 Å². The van der Waals surface area contributed by atoms with E-state index in [9.17, 15) is 8.42 Å². The first-order chi connectivity index (χ1) is 10.3. The molecule has 0 radical (unpaired) electrons. The van der Waals surface area contributed by atoms with Crippen LogP contribution in [0, 0.1) is 27.7 Å². The molecular formula is C16H20N2O3S. The largest absolute Gasteiger partial charge is 0.480 e. The van der Waals surface area contributed by atoms with Crippen molar-refractivity contribution in [3.05, 3.63) is 46.6 Å². The van der Waals surface area contributed by atoms with Gasteiger partial charge in [-0.1, -0.05) is 6.07 Å². The summed E-state index contributed by atoms with van der Waals surface area (Å²) in [5, 5.41) is 0. The minimum absolute atomic E-state index is 0.241. The Hall–Kier alpha value is -2.08. The van der Waals surface area contributed by atoms with Crippen molar-refractivity contribution in [1.29, 1.82) is 0 Å². The number of aromatic nitrogens is 1. The van der Waals surface area contributed by atoms with Crippen LogP contribution in [0.2, 0.25) is 0 Å². The van der Waals surface area contributed by atoms with Crippen LogP contribution in [0.1, 0.15) is 22.3 Å². The van der Waals surface area contributed by atoms with Crippen LogP contribution < -0.4 is 9.46 Å². The second-order valence-electron chi connectivity index (χ2n) is 5.26. The number of nitrogens with zero attached hydrogens (tertiary/aromatic N) is 1. The normalized spacial score (nSPS) is 11.3. The van der Waals surface area contributed by atoms with Crippen molar-refractivity contribution >= 4 is 15.7 Å². The highest BCUT2D eigenvalue weighted by atomic mass is 32.2. The first kappa shape index (κ1) is 16.3. The highest BCUT2D eigenvalue weighted by molar-refractivity contribution is 7.92. The molecule has 0 spiro atoms. The number of sulfonamides is 1. The molecule has 0 fully saturated rings. The van der Waals surface area contributed by atoms with E-state index in [0.717, 1.165) is 22.3 Å². The molecule has 0 unspecified atom stereocenters. The van der Waals surface area contributed by atoms with E-state index < -0.39 is 10.0 Å². The molecule has 1 heterocycles. The van der Waals surface area contributed by atoms with Gasteiger partial charge < -0.3 is 4.74 Å². The number of nitrogens with one attached hydrogen (secondary N) is 1. The standard InChI is InChI=1S/C16H20N2O3S/c1-10-9-11(2)13(4)15(12(10)3)22(19,20)18-14-7-6-8-17-16(14)21-5/h6-9,18H,1-5H3. The number of rotatable bonds is 4. The van der Waals surface area contributed by atoms with Gasteiger partial charge in [0.25, 0.3) is 10.0 Å². The predicted octanol–water partition coefficient (Wildman–Crippen LogP) is 3.12. The SMILES string of the molecule is COc1ncccc1NS(=O)(=O)c1c(C)c(C)cc(C)c1C. The van der Waals surface area contributed by atoms with Crippen LogP contribution in [0.15, 0.2) is 29.3 Å². The van der Waals surface area contributed by atoms with Crippen molar-refractivity contribution in [1.82, 2.24) is 4.98 Å².